The summed E-state index contributed by atoms with van der Waals surface area (Å²) in [6.45, 7) is -0.761. The number of ether oxygens (including phenoxy) is 1. The average molecular weight is 390 g/mol. The number of halogens is 2. The highest BCUT2D eigenvalue weighted by Gasteiger charge is 2.38. The number of aliphatic carboxylic acids is 1. The zero-order valence-electron chi connectivity index (χ0n) is 16.2. The monoisotopic (exact) mass is 390 g/mol. The maximum Gasteiger partial charge on any atom is 0.346 e. The highest BCUT2D eigenvalue weighted by Crippen LogP contribution is 2.44. The fourth-order valence-corrected chi connectivity index (χ4v) is 4.63. The molecule has 0 aromatic heterocycles. The summed E-state index contributed by atoms with van der Waals surface area (Å²) in [6, 6.07) is 7.58. The molecule has 0 atom stereocenters. The van der Waals surface area contributed by atoms with Gasteiger partial charge in [0.05, 0.1) is 5.92 Å². The van der Waals surface area contributed by atoms with E-state index < -0.39 is 24.1 Å². The van der Waals surface area contributed by atoms with Crippen molar-refractivity contribution in [1.82, 2.24) is 0 Å². The second kappa shape index (κ2) is 8.99. The summed E-state index contributed by atoms with van der Waals surface area (Å²) < 4.78 is 31.7. The highest BCUT2D eigenvalue weighted by molar-refractivity contribution is 5.75. The molecule has 0 unspecified atom stereocenters. The van der Waals surface area contributed by atoms with Gasteiger partial charge in [0, 0.05) is 0 Å². The Hall–Kier alpha value is -2.01. The van der Waals surface area contributed by atoms with Crippen LogP contribution in [-0.4, -0.2) is 17.7 Å². The molecule has 1 fully saturated rings. The SMILES string of the molecule is CCC[C@H]1CC[C@H](c2ccccc2C2(OC(F)F)C=CC(C(=O)O)C=C2)CC1. The van der Waals surface area contributed by atoms with Gasteiger partial charge < -0.3 is 9.84 Å². The number of benzene rings is 1. The van der Waals surface area contributed by atoms with E-state index in [-0.39, 0.29) is 0 Å². The minimum Gasteiger partial charge on any atom is -0.481 e. The van der Waals surface area contributed by atoms with E-state index in [0.29, 0.717) is 11.5 Å². The lowest BCUT2D eigenvalue weighted by Gasteiger charge is -2.36. The van der Waals surface area contributed by atoms with Crippen molar-refractivity contribution in [3.8, 4) is 0 Å². The van der Waals surface area contributed by atoms with Crippen molar-refractivity contribution in [2.75, 3.05) is 0 Å². The quantitative estimate of drug-likeness (QED) is 0.579. The molecule has 0 radical (unpaired) electrons. The summed E-state index contributed by atoms with van der Waals surface area (Å²) in [5.41, 5.74) is 0.281. The van der Waals surface area contributed by atoms with Gasteiger partial charge in [0.15, 0.2) is 0 Å². The first-order chi connectivity index (χ1) is 13.4. The number of carbonyl (C=O) groups is 1. The number of carboxylic acids is 1. The van der Waals surface area contributed by atoms with Gasteiger partial charge in [0.1, 0.15) is 5.60 Å². The van der Waals surface area contributed by atoms with Crippen LogP contribution >= 0.6 is 0 Å². The Morgan fingerprint density at radius 1 is 1.18 bits per heavy atom. The first-order valence-electron chi connectivity index (χ1n) is 10.1. The van der Waals surface area contributed by atoms with Crippen molar-refractivity contribution in [3.05, 3.63) is 59.7 Å². The molecule has 1 aromatic rings. The summed E-state index contributed by atoms with van der Waals surface area (Å²) in [7, 11) is 0. The molecule has 0 aliphatic heterocycles. The predicted octanol–water partition coefficient (Wildman–Crippen LogP) is 6.02. The van der Waals surface area contributed by atoms with Crippen molar-refractivity contribution in [3.63, 3.8) is 0 Å². The van der Waals surface area contributed by atoms with Gasteiger partial charge in [-0.3, -0.25) is 4.79 Å². The van der Waals surface area contributed by atoms with Gasteiger partial charge in [-0.2, -0.15) is 8.78 Å². The molecule has 2 aliphatic rings. The lowest BCUT2D eigenvalue weighted by Crippen LogP contribution is -2.32. The first-order valence-corrected chi connectivity index (χ1v) is 10.1. The maximum atomic E-state index is 13.3. The van der Waals surface area contributed by atoms with Gasteiger partial charge in [-0.25, -0.2) is 0 Å². The van der Waals surface area contributed by atoms with E-state index in [4.69, 9.17) is 4.74 Å². The molecular formula is C23H28F2O3. The molecule has 0 spiro atoms. The highest BCUT2D eigenvalue weighted by atomic mass is 19.3. The molecule has 5 heteroatoms. The van der Waals surface area contributed by atoms with Gasteiger partial charge in [-0.15, -0.1) is 0 Å². The van der Waals surface area contributed by atoms with E-state index in [2.05, 4.69) is 6.92 Å². The number of alkyl halides is 2. The van der Waals surface area contributed by atoms with E-state index in [9.17, 15) is 18.7 Å². The molecule has 0 amide bonds. The molecule has 0 heterocycles. The molecular weight excluding hydrogens is 362 g/mol. The number of hydrogen-bond donors (Lipinski definition) is 1. The van der Waals surface area contributed by atoms with Gasteiger partial charge in [0.2, 0.25) is 0 Å². The molecule has 0 saturated heterocycles. The zero-order chi connectivity index (χ0) is 20.1. The lowest BCUT2D eigenvalue weighted by molar-refractivity contribution is -0.180. The van der Waals surface area contributed by atoms with Crippen molar-refractivity contribution < 1.29 is 23.4 Å². The second-order valence-electron chi connectivity index (χ2n) is 7.85. The topological polar surface area (TPSA) is 46.5 Å². The van der Waals surface area contributed by atoms with Crippen LogP contribution < -0.4 is 0 Å². The van der Waals surface area contributed by atoms with E-state index in [1.807, 2.05) is 24.3 Å². The van der Waals surface area contributed by atoms with Crippen LogP contribution in [0.3, 0.4) is 0 Å². The van der Waals surface area contributed by atoms with Crippen LogP contribution in [0.25, 0.3) is 0 Å². The Balaban J connectivity index is 1.92. The van der Waals surface area contributed by atoms with Gasteiger partial charge in [-0.1, -0.05) is 56.2 Å². The molecule has 0 bridgehead atoms. The minimum atomic E-state index is -2.97. The molecule has 152 valence electrons. The molecule has 28 heavy (non-hydrogen) atoms. The number of rotatable bonds is 7. The maximum absolute atomic E-state index is 13.3. The second-order valence-corrected chi connectivity index (χ2v) is 7.85. The van der Waals surface area contributed by atoms with Crippen LogP contribution in [0, 0.1) is 11.8 Å². The Kier molecular flexibility index (Phi) is 6.65. The molecule has 1 saturated carbocycles. The van der Waals surface area contributed by atoms with E-state index >= 15 is 0 Å². The van der Waals surface area contributed by atoms with Crippen LogP contribution in [0.15, 0.2) is 48.6 Å². The fourth-order valence-electron chi connectivity index (χ4n) is 4.63. The third-order valence-electron chi connectivity index (χ3n) is 6.04. The Morgan fingerprint density at radius 3 is 2.39 bits per heavy atom. The Morgan fingerprint density at radius 2 is 1.82 bits per heavy atom. The van der Waals surface area contributed by atoms with Crippen LogP contribution in [-0.2, 0) is 15.1 Å². The van der Waals surface area contributed by atoms with Crippen molar-refractivity contribution in [1.29, 1.82) is 0 Å². The molecule has 1 N–H and O–H groups in total. The van der Waals surface area contributed by atoms with E-state index in [0.717, 1.165) is 37.2 Å². The summed E-state index contributed by atoms with van der Waals surface area (Å²) in [4.78, 5) is 11.2. The van der Waals surface area contributed by atoms with Crippen LogP contribution in [0.2, 0.25) is 0 Å². The predicted molar refractivity (Wildman–Crippen MR) is 104 cm³/mol. The summed E-state index contributed by atoms with van der Waals surface area (Å²) in [5, 5.41) is 9.20. The normalized spacial score (nSPS) is 29.9. The largest absolute Gasteiger partial charge is 0.481 e. The van der Waals surface area contributed by atoms with Crippen LogP contribution in [0.5, 0.6) is 0 Å². The van der Waals surface area contributed by atoms with Crippen LogP contribution in [0.1, 0.15) is 62.5 Å². The lowest BCUT2D eigenvalue weighted by atomic mass is 9.73. The van der Waals surface area contributed by atoms with Crippen molar-refractivity contribution >= 4 is 5.97 Å². The number of hydrogen-bond acceptors (Lipinski definition) is 2. The molecule has 3 rings (SSSR count). The third kappa shape index (κ3) is 4.52. The Labute approximate surface area is 165 Å². The first kappa shape index (κ1) is 20.7. The molecule has 3 nitrogen and oxygen atoms in total. The smallest absolute Gasteiger partial charge is 0.346 e. The van der Waals surface area contributed by atoms with Gasteiger partial charge >= 0.3 is 12.6 Å². The summed E-state index contributed by atoms with van der Waals surface area (Å²) in [6.07, 6.45) is 12.6. The average Bonchev–Trinajstić information content (AvgIpc) is 2.69. The molecule has 2 aliphatic carbocycles. The zero-order valence-corrected chi connectivity index (χ0v) is 16.2. The van der Waals surface area contributed by atoms with Gasteiger partial charge in [0.25, 0.3) is 0 Å². The van der Waals surface area contributed by atoms with Crippen LogP contribution in [0.4, 0.5) is 8.78 Å². The minimum absolute atomic E-state index is 0.307. The fraction of sp³-hybridized carbons (Fsp3) is 0.522. The molecule has 1 aromatic carbocycles. The standard InChI is InChI=1S/C23H28F2O3/c1-2-5-16-8-10-17(11-9-16)19-6-3-4-7-20(19)23(28-22(24)25)14-12-18(13-15-23)21(26)27/h3-4,6-7,12-18,22H,2,5,8-11H2,1H3,(H,26,27)/t16-,17-,18?,23?. The third-order valence-corrected chi connectivity index (χ3v) is 6.04. The van der Waals surface area contributed by atoms with Crippen molar-refractivity contribution in [2.24, 2.45) is 11.8 Å². The van der Waals surface area contributed by atoms with E-state index in [1.54, 1.807) is 0 Å². The Bertz CT molecular complexity index is 719. The van der Waals surface area contributed by atoms with E-state index in [1.165, 1.54) is 37.1 Å². The number of carboxylic acid groups (broad SMARTS) is 1. The van der Waals surface area contributed by atoms with Crippen molar-refractivity contribution in [2.45, 2.75) is 63.6 Å². The summed E-state index contributed by atoms with van der Waals surface area (Å²) >= 11 is 0. The van der Waals surface area contributed by atoms with Gasteiger partial charge in [-0.05, 0) is 60.8 Å². The summed E-state index contributed by atoms with van der Waals surface area (Å²) in [5.74, 6) is -0.779.